The number of aromatic nitrogens is 2. The number of thiocarbonyl (C=S) groups is 1. The van der Waals surface area contributed by atoms with Crippen LogP contribution in [0.3, 0.4) is 0 Å². The molecule has 2 aromatic rings. The van der Waals surface area contributed by atoms with Gasteiger partial charge in [-0.05, 0) is 17.7 Å². The third-order valence-corrected chi connectivity index (χ3v) is 2.76. The van der Waals surface area contributed by atoms with Gasteiger partial charge < -0.3 is 15.8 Å². The number of nitrogens with one attached hydrogen (secondary N) is 1. The van der Waals surface area contributed by atoms with Gasteiger partial charge in [0.15, 0.2) is 0 Å². The standard InChI is InChI=1S/C13H14N4OS/c1-18-12-3-2-9(8-17-12)7-16-11-6-10(13(14)19)4-5-15-11/h2-6,8H,7H2,1H3,(H2,14,19)(H,15,16). The van der Waals surface area contributed by atoms with E-state index in [1.807, 2.05) is 18.2 Å². The molecule has 3 N–H and O–H groups in total. The van der Waals surface area contributed by atoms with Crippen LogP contribution in [-0.4, -0.2) is 22.1 Å². The van der Waals surface area contributed by atoms with Gasteiger partial charge in [0.05, 0.1) is 7.11 Å². The average Bonchev–Trinajstić information content (AvgIpc) is 2.46. The number of pyridine rings is 2. The monoisotopic (exact) mass is 274 g/mol. The molecule has 2 aromatic heterocycles. The Balaban J connectivity index is 2.01. The Morgan fingerprint density at radius 3 is 2.84 bits per heavy atom. The topological polar surface area (TPSA) is 73.1 Å². The summed E-state index contributed by atoms with van der Waals surface area (Å²) in [7, 11) is 1.59. The molecule has 0 saturated carbocycles. The van der Waals surface area contributed by atoms with Crippen LogP contribution in [-0.2, 0) is 6.54 Å². The van der Waals surface area contributed by atoms with E-state index in [1.54, 1.807) is 25.6 Å². The van der Waals surface area contributed by atoms with E-state index >= 15 is 0 Å². The lowest BCUT2D eigenvalue weighted by atomic mass is 10.2. The highest BCUT2D eigenvalue weighted by Gasteiger charge is 2.00. The zero-order chi connectivity index (χ0) is 13.7. The molecular formula is C13H14N4OS. The molecule has 2 heterocycles. The first-order valence-electron chi connectivity index (χ1n) is 5.67. The highest BCUT2D eigenvalue weighted by Crippen LogP contribution is 2.10. The number of hydrogen-bond donors (Lipinski definition) is 2. The summed E-state index contributed by atoms with van der Waals surface area (Å²) in [5, 5.41) is 3.19. The van der Waals surface area contributed by atoms with Crippen molar-refractivity contribution in [3.05, 3.63) is 47.8 Å². The van der Waals surface area contributed by atoms with Crippen LogP contribution in [0.5, 0.6) is 5.88 Å². The summed E-state index contributed by atoms with van der Waals surface area (Å²) in [6.45, 7) is 0.616. The van der Waals surface area contributed by atoms with Crippen molar-refractivity contribution in [1.29, 1.82) is 0 Å². The Kier molecular flexibility index (Phi) is 4.25. The molecule has 98 valence electrons. The molecule has 0 aliphatic carbocycles. The van der Waals surface area contributed by atoms with Gasteiger partial charge in [-0.2, -0.15) is 0 Å². The lowest BCUT2D eigenvalue weighted by Gasteiger charge is -2.07. The number of nitrogens with zero attached hydrogens (tertiary/aromatic N) is 2. The van der Waals surface area contributed by atoms with Crippen LogP contribution in [0.15, 0.2) is 36.7 Å². The third kappa shape index (κ3) is 3.62. The number of rotatable bonds is 5. The maximum atomic E-state index is 5.57. The normalized spacial score (nSPS) is 9.95. The van der Waals surface area contributed by atoms with E-state index in [-0.39, 0.29) is 0 Å². The van der Waals surface area contributed by atoms with Gasteiger partial charge in [0, 0.05) is 30.6 Å². The zero-order valence-corrected chi connectivity index (χ0v) is 11.3. The molecule has 0 amide bonds. The Morgan fingerprint density at radius 2 is 2.21 bits per heavy atom. The molecule has 0 unspecified atom stereocenters. The van der Waals surface area contributed by atoms with Gasteiger partial charge >= 0.3 is 0 Å². The number of ether oxygens (including phenoxy) is 1. The second kappa shape index (κ2) is 6.10. The minimum Gasteiger partial charge on any atom is -0.481 e. The minimum absolute atomic E-state index is 0.358. The Hall–Kier alpha value is -2.21. The van der Waals surface area contributed by atoms with Gasteiger partial charge in [-0.1, -0.05) is 18.3 Å². The van der Waals surface area contributed by atoms with Gasteiger partial charge in [-0.3, -0.25) is 0 Å². The van der Waals surface area contributed by atoms with Gasteiger partial charge in [0.25, 0.3) is 0 Å². The lowest BCUT2D eigenvalue weighted by Crippen LogP contribution is -2.10. The summed E-state index contributed by atoms with van der Waals surface area (Å²) in [6, 6.07) is 7.36. The Bertz CT molecular complexity index is 571. The van der Waals surface area contributed by atoms with Crippen molar-refractivity contribution in [2.45, 2.75) is 6.54 Å². The molecule has 0 spiro atoms. The quantitative estimate of drug-likeness (QED) is 0.809. The predicted octanol–water partition coefficient (Wildman–Crippen LogP) is 1.73. The Morgan fingerprint density at radius 1 is 1.37 bits per heavy atom. The second-order valence-corrected chi connectivity index (χ2v) is 4.30. The van der Waals surface area contributed by atoms with Gasteiger partial charge in [-0.25, -0.2) is 9.97 Å². The third-order valence-electron chi connectivity index (χ3n) is 2.52. The van der Waals surface area contributed by atoms with Crippen LogP contribution in [0.25, 0.3) is 0 Å². The first-order valence-corrected chi connectivity index (χ1v) is 6.08. The molecular weight excluding hydrogens is 260 g/mol. The van der Waals surface area contributed by atoms with E-state index in [2.05, 4.69) is 15.3 Å². The van der Waals surface area contributed by atoms with E-state index in [9.17, 15) is 0 Å². The summed E-state index contributed by atoms with van der Waals surface area (Å²) in [6.07, 6.45) is 3.42. The first kappa shape index (κ1) is 13.2. The van der Waals surface area contributed by atoms with Gasteiger partial charge in [0.2, 0.25) is 5.88 Å². The van der Waals surface area contributed by atoms with Crippen molar-refractivity contribution in [3.8, 4) is 5.88 Å². The highest BCUT2D eigenvalue weighted by molar-refractivity contribution is 7.80. The SMILES string of the molecule is COc1ccc(CNc2cc(C(N)=S)ccn2)cn1. The van der Waals surface area contributed by atoms with E-state index in [1.165, 1.54) is 0 Å². The van der Waals surface area contributed by atoms with Gasteiger partial charge in [-0.15, -0.1) is 0 Å². The van der Waals surface area contributed by atoms with Crippen molar-refractivity contribution in [2.75, 3.05) is 12.4 Å². The van der Waals surface area contributed by atoms with Gasteiger partial charge in [0.1, 0.15) is 10.8 Å². The molecule has 0 aromatic carbocycles. The summed E-state index contributed by atoms with van der Waals surface area (Å²) >= 11 is 4.93. The van der Waals surface area contributed by atoms with Crippen LogP contribution in [0.2, 0.25) is 0 Å². The fraction of sp³-hybridized carbons (Fsp3) is 0.154. The lowest BCUT2D eigenvalue weighted by molar-refractivity contribution is 0.397. The van der Waals surface area contributed by atoms with Crippen molar-refractivity contribution < 1.29 is 4.74 Å². The highest BCUT2D eigenvalue weighted by atomic mass is 32.1. The average molecular weight is 274 g/mol. The second-order valence-electron chi connectivity index (χ2n) is 3.86. The molecule has 6 heteroatoms. The fourth-order valence-electron chi connectivity index (χ4n) is 1.51. The van der Waals surface area contributed by atoms with Crippen LogP contribution in [0.1, 0.15) is 11.1 Å². The van der Waals surface area contributed by atoms with Crippen LogP contribution in [0, 0.1) is 0 Å². The molecule has 0 aliphatic rings. The zero-order valence-electron chi connectivity index (χ0n) is 10.5. The van der Waals surface area contributed by atoms with E-state index in [0.29, 0.717) is 17.4 Å². The molecule has 0 atom stereocenters. The fourth-order valence-corrected chi connectivity index (χ4v) is 1.64. The smallest absolute Gasteiger partial charge is 0.212 e. The van der Waals surface area contributed by atoms with Crippen LogP contribution in [0.4, 0.5) is 5.82 Å². The molecule has 5 nitrogen and oxygen atoms in total. The number of hydrogen-bond acceptors (Lipinski definition) is 5. The Labute approximate surface area is 116 Å². The summed E-state index contributed by atoms with van der Waals surface area (Å²) in [4.78, 5) is 8.69. The molecule has 0 radical (unpaired) electrons. The first-order chi connectivity index (χ1) is 9.19. The number of nitrogens with two attached hydrogens (primary N) is 1. The van der Waals surface area contributed by atoms with Crippen molar-refractivity contribution >= 4 is 23.0 Å². The largest absolute Gasteiger partial charge is 0.481 e. The van der Waals surface area contributed by atoms with Crippen molar-refractivity contribution in [3.63, 3.8) is 0 Å². The number of anilines is 1. The maximum Gasteiger partial charge on any atom is 0.212 e. The van der Waals surface area contributed by atoms with E-state index < -0.39 is 0 Å². The predicted molar refractivity (Wildman–Crippen MR) is 78.2 cm³/mol. The van der Waals surface area contributed by atoms with Crippen molar-refractivity contribution in [1.82, 2.24) is 9.97 Å². The molecule has 0 saturated heterocycles. The van der Waals surface area contributed by atoms with E-state index in [0.717, 1.165) is 16.9 Å². The molecule has 2 rings (SSSR count). The van der Waals surface area contributed by atoms with Crippen LogP contribution >= 0.6 is 12.2 Å². The molecule has 19 heavy (non-hydrogen) atoms. The summed E-state index contributed by atoms with van der Waals surface area (Å²) in [5.41, 5.74) is 7.40. The maximum absolute atomic E-state index is 5.57. The minimum atomic E-state index is 0.358. The molecule has 0 aliphatic heterocycles. The van der Waals surface area contributed by atoms with Crippen molar-refractivity contribution in [2.24, 2.45) is 5.73 Å². The summed E-state index contributed by atoms with van der Waals surface area (Å²) in [5.74, 6) is 1.32. The van der Waals surface area contributed by atoms with Crippen LogP contribution < -0.4 is 15.8 Å². The van der Waals surface area contributed by atoms with E-state index in [4.69, 9.17) is 22.7 Å². The number of methoxy groups -OCH3 is 1. The summed E-state index contributed by atoms with van der Waals surface area (Å²) < 4.78 is 5.00. The molecule has 0 bridgehead atoms. The molecule has 0 fully saturated rings.